The molecule has 0 spiro atoms. The molecule has 5 aromatic rings. The maximum Gasteiger partial charge on any atom is 0.273 e. The summed E-state index contributed by atoms with van der Waals surface area (Å²) in [5, 5.41) is 7.57. The molecule has 0 fully saturated rings. The van der Waals surface area contributed by atoms with E-state index in [0.717, 1.165) is 39.3 Å². The predicted octanol–water partition coefficient (Wildman–Crippen LogP) is 5.80. The fraction of sp³-hybridized carbons (Fsp3) is 0.100. The van der Waals surface area contributed by atoms with Crippen LogP contribution in [0.2, 0.25) is 0 Å². The summed E-state index contributed by atoms with van der Waals surface area (Å²) >= 11 is 0. The summed E-state index contributed by atoms with van der Waals surface area (Å²) in [5.74, 6) is 0.708. The summed E-state index contributed by atoms with van der Waals surface area (Å²) in [4.78, 5) is 19.7. The van der Waals surface area contributed by atoms with Crippen LogP contribution in [-0.2, 0) is 13.2 Å². The van der Waals surface area contributed by atoms with Gasteiger partial charge in [0.15, 0.2) is 0 Å². The topological polar surface area (TPSA) is 71.1 Å². The highest BCUT2D eigenvalue weighted by atomic mass is 16.5. The molecule has 176 valence electrons. The summed E-state index contributed by atoms with van der Waals surface area (Å²) in [6.45, 7) is 0.944. The van der Waals surface area contributed by atoms with Crippen LogP contribution in [-0.4, -0.2) is 26.0 Å². The molecule has 3 aromatic carbocycles. The van der Waals surface area contributed by atoms with Crippen molar-refractivity contribution in [2.75, 3.05) is 0 Å². The number of carbonyl (C=O) groups is 1. The number of hydrogen-bond acceptors (Lipinski definition) is 4. The van der Waals surface area contributed by atoms with Crippen LogP contribution in [0.25, 0.3) is 11.3 Å². The minimum atomic E-state index is -0.287. The molecule has 1 amide bonds. The Morgan fingerprint density at radius 2 is 1.56 bits per heavy atom. The average Bonchev–Trinajstić information content (AvgIpc) is 3.48. The smallest absolute Gasteiger partial charge is 0.273 e. The van der Waals surface area contributed by atoms with E-state index < -0.39 is 0 Å². The van der Waals surface area contributed by atoms with Crippen molar-refractivity contribution in [1.29, 1.82) is 0 Å². The Hall–Kier alpha value is -4.71. The molecule has 6 nitrogen and oxygen atoms in total. The molecule has 1 atom stereocenters. The number of benzene rings is 3. The number of fused-ring (bicyclic) bond motifs is 1. The van der Waals surface area contributed by atoms with Gasteiger partial charge in [-0.25, -0.2) is 0 Å². The Bertz CT molecular complexity index is 1470. The van der Waals surface area contributed by atoms with Gasteiger partial charge in [-0.1, -0.05) is 78.9 Å². The van der Waals surface area contributed by atoms with Crippen LogP contribution in [0.1, 0.15) is 38.8 Å². The maximum absolute atomic E-state index is 13.6. The van der Waals surface area contributed by atoms with Gasteiger partial charge in [0.05, 0.1) is 11.7 Å². The Morgan fingerprint density at radius 1 is 0.833 bits per heavy atom. The van der Waals surface area contributed by atoms with E-state index in [1.165, 1.54) is 0 Å². The number of aromatic nitrogens is 3. The van der Waals surface area contributed by atoms with E-state index in [9.17, 15) is 4.79 Å². The molecular formula is C30H24N4O2. The zero-order chi connectivity index (χ0) is 24.3. The van der Waals surface area contributed by atoms with E-state index >= 15 is 0 Å². The number of carbonyl (C=O) groups excluding carboxylic acids is 1. The van der Waals surface area contributed by atoms with Crippen LogP contribution in [0.3, 0.4) is 0 Å². The molecule has 1 aliphatic heterocycles. The predicted molar refractivity (Wildman–Crippen MR) is 137 cm³/mol. The summed E-state index contributed by atoms with van der Waals surface area (Å²) in [6, 6.07) is 31.6. The third kappa shape index (κ3) is 4.14. The minimum Gasteiger partial charge on any atom is -0.489 e. The number of amides is 1. The maximum atomic E-state index is 13.6. The molecule has 6 heteroatoms. The Morgan fingerprint density at radius 3 is 2.28 bits per heavy atom. The monoisotopic (exact) mass is 472 g/mol. The lowest BCUT2D eigenvalue weighted by Crippen LogP contribution is -2.29. The molecule has 1 N–H and O–H groups in total. The molecule has 0 saturated carbocycles. The van der Waals surface area contributed by atoms with Gasteiger partial charge in [-0.3, -0.25) is 14.9 Å². The van der Waals surface area contributed by atoms with Crippen molar-refractivity contribution >= 4 is 5.91 Å². The van der Waals surface area contributed by atoms with E-state index in [1.807, 2.05) is 102 Å². The lowest BCUT2D eigenvalue weighted by atomic mass is 9.96. The standard InChI is InChI=1S/C30H24N4O2/c35-30-28-26(27(32-33-28)23-11-5-2-6-12-23)29(34(30)19-22-10-7-17-31-18-22)24-13-15-25(16-14-24)36-20-21-8-3-1-4-9-21/h1-18,29H,19-20H2,(H,32,33). The van der Waals surface area contributed by atoms with E-state index in [2.05, 4.69) is 15.2 Å². The molecule has 0 aliphatic carbocycles. The minimum absolute atomic E-state index is 0.0714. The van der Waals surface area contributed by atoms with Gasteiger partial charge in [0.1, 0.15) is 18.1 Å². The first kappa shape index (κ1) is 21.8. The molecule has 1 unspecified atom stereocenters. The first-order chi connectivity index (χ1) is 17.8. The fourth-order valence-corrected chi connectivity index (χ4v) is 4.70. The van der Waals surface area contributed by atoms with Gasteiger partial charge in [0.2, 0.25) is 0 Å². The van der Waals surface area contributed by atoms with Crippen molar-refractivity contribution in [2.45, 2.75) is 19.2 Å². The van der Waals surface area contributed by atoms with Gasteiger partial charge >= 0.3 is 0 Å². The van der Waals surface area contributed by atoms with Crippen LogP contribution in [0, 0.1) is 0 Å². The number of aromatic amines is 1. The van der Waals surface area contributed by atoms with Gasteiger partial charge < -0.3 is 9.64 Å². The molecule has 36 heavy (non-hydrogen) atoms. The quantitative estimate of drug-likeness (QED) is 0.325. The van der Waals surface area contributed by atoms with Gasteiger partial charge in [-0.15, -0.1) is 0 Å². The number of H-pyrrole nitrogens is 1. The van der Waals surface area contributed by atoms with Crippen LogP contribution < -0.4 is 4.74 Å². The molecule has 3 heterocycles. The van der Waals surface area contributed by atoms with Crippen molar-refractivity contribution in [3.8, 4) is 17.0 Å². The van der Waals surface area contributed by atoms with E-state index in [4.69, 9.17) is 4.74 Å². The normalized spacial score (nSPS) is 14.6. The van der Waals surface area contributed by atoms with Crippen molar-refractivity contribution in [1.82, 2.24) is 20.1 Å². The van der Waals surface area contributed by atoms with Gasteiger partial charge in [-0.2, -0.15) is 5.10 Å². The van der Waals surface area contributed by atoms with Crippen molar-refractivity contribution < 1.29 is 9.53 Å². The number of ether oxygens (including phenoxy) is 1. The zero-order valence-electron chi connectivity index (χ0n) is 19.5. The average molecular weight is 473 g/mol. The summed E-state index contributed by atoms with van der Waals surface area (Å²) in [7, 11) is 0. The summed E-state index contributed by atoms with van der Waals surface area (Å²) < 4.78 is 5.99. The first-order valence-electron chi connectivity index (χ1n) is 11.9. The molecule has 0 radical (unpaired) electrons. The van der Waals surface area contributed by atoms with Crippen molar-refractivity contribution in [2.24, 2.45) is 0 Å². The Labute approximate surface area is 209 Å². The molecule has 0 bridgehead atoms. The van der Waals surface area contributed by atoms with Crippen molar-refractivity contribution in [3.63, 3.8) is 0 Å². The number of nitrogens with one attached hydrogen (secondary N) is 1. The van der Waals surface area contributed by atoms with Crippen LogP contribution in [0.15, 0.2) is 109 Å². The zero-order valence-corrected chi connectivity index (χ0v) is 19.5. The third-order valence-corrected chi connectivity index (χ3v) is 6.43. The lowest BCUT2D eigenvalue weighted by Gasteiger charge is -2.26. The van der Waals surface area contributed by atoms with Gasteiger partial charge in [0.25, 0.3) is 5.91 Å². The molecule has 0 saturated heterocycles. The Balaban J connectivity index is 1.35. The second-order valence-corrected chi connectivity index (χ2v) is 8.77. The van der Waals surface area contributed by atoms with E-state index in [0.29, 0.717) is 18.8 Å². The molecular weight excluding hydrogens is 448 g/mol. The van der Waals surface area contributed by atoms with E-state index in [1.54, 1.807) is 12.4 Å². The lowest BCUT2D eigenvalue weighted by molar-refractivity contribution is 0.0730. The summed E-state index contributed by atoms with van der Waals surface area (Å²) in [6.07, 6.45) is 3.54. The van der Waals surface area contributed by atoms with Crippen LogP contribution in [0.5, 0.6) is 5.75 Å². The molecule has 2 aromatic heterocycles. The number of pyridine rings is 1. The van der Waals surface area contributed by atoms with Crippen LogP contribution in [0.4, 0.5) is 0 Å². The second-order valence-electron chi connectivity index (χ2n) is 8.77. The number of hydrogen-bond donors (Lipinski definition) is 1. The molecule has 6 rings (SSSR count). The SMILES string of the molecule is O=C1c2[nH]nc(-c3ccccc3)c2C(c2ccc(OCc3ccccc3)cc2)N1Cc1cccnc1. The fourth-order valence-electron chi connectivity index (χ4n) is 4.70. The summed E-state index contributed by atoms with van der Waals surface area (Å²) in [5.41, 5.74) is 6.27. The Kier molecular flexibility index (Phi) is 5.75. The van der Waals surface area contributed by atoms with Gasteiger partial charge in [-0.05, 0) is 34.9 Å². The number of rotatable bonds is 7. The van der Waals surface area contributed by atoms with E-state index in [-0.39, 0.29) is 11.9 Å². The second kappa shape index (κ2) is 9.50. The van der Waals surface area contributed by atoms with Gasteiger partial charge in [0, 0.05) is 30.1 Å². The largest absolute Gasteiger partial charge is 0.489 e. The third-order valence-electron chi connectivity index (χ3n) is 6.43. The van der Waals surface area contributed by atoms with Crippen LogP contribution >= 0.6 is 0 Å². The number of nitrogens with zero attached hydrogens (tertiary/aromatic N) is 3. The highest BCUT2D eigenvalue weighted by Gasteiger charge is 2.42. The first-order valence-corrected chi connectivity index (χ1v) is 11.9. The highest BCUT2D eigenvalue weighted by Crippen LogP contribution is 2.43. The highest BCUT2D eigenvalue weighted by molar-refractivity contribution is 6.00. The van der Waals surface area contributed by atoms with Crippen molar-refractivity contribution in [3.05, 3.63) is 137 Å². The molecule has 1 aliphatic rings.